The van der Waals surface area contributed by atoms with Gasteiger partial charge in [0.25, 0.3) is 0 Å². The predicted molar refractivity (Wildman–Crippen MR) is 62.2 cm³/mol. The minimum atomic E-state index is -0.462. The summed E-state index contributed by atoms with van der Waals surface area (Å²) in [5.41, 5.74) is 3.99. The van der Waals surface area contributed by atoms with Crippen LogP contribution < -0.4 is 10.7 Å². The maximum absolute atomic E-state index is 11.8. The van der Waals surface area contributed by atoms with Gasteiger partial charge in [0.1, 0.15) is 11.8 Å². The van der Waals surface area contributed by atoms with E-state index in [1.54, 1.807) is 36.3 Å². The Labute approximate surface area is 104 Å². The van der Waals surface area contributed by atoms with E-state index in [2.05, 4.69) is 10.7 Å². The maximum atomic E-state index is 11.8. The van der Waals surface area contributed by atoms with Crippen LogP contribution in [-0.2, 0) is 9.59 Å². The van der Waals surface area contributed by atoms with Gasteiger partial charge in [-0.15, -0.1) is 0 Å². The Morgan fingerprint density at radius 1 is 1.17 bits per heavy atom. The summed E-state index contributed by atoms with van der Waals surface area (Å²) in [6, 6.07) is 5.93. The van der Waals surface area contributed by atoms with E-state index in [0.717, 1.165) is 5.56 Å². The molecule has 0 bridgehead atoms. The first-order chi connectivity index (χ1) is 8.58. The first kappa shape index (κ1) is 11.2. The number of nitrogens with one attached hydrogen (secondary N) is 2. The predicted octanol–water partition coefficient (Wildman–Crippen LogP) is -0.476. The molecular formula is C12H13N3O3. The molecule has 2 aliphatic heterocycles. The summed E-state index contributed by atoms with van der Waals surface area (Å²) < 4.78 is 0. The number of likely N-dealkylation sites (N-methyl/N-ethyl adjacent to an activating group) is 1. The van der Waals surface area contributed by atoms with Crippen molar-refractivity contribution in [3.63, 3.8) is 0 Å². The molecule has 2 heterocycles. The molecule has 2 amide bonds. The Morgan fingerprint density at radius 3 is 2.50 bits per heavy atom. The van der Waals surface area contributed by atoms with Crippen LogP contribution in [0.2, 0.25) is 0 Å². The highest BCUT2D eigenvalue weighted by Crippen LogP contribution is 2.36. The van der Waals surface area contributed by atoms with Gasteiger partial charge in [-0.1, -0.05) is 12.1 Å². The van der Waals surface area contributed by atoms with Crippen LogP contribution in [0.25, 0.3) is 0 Å². The van der Waals surface area contributed by atoms with Gasteiger partial charge in [0.15, 0.2) is 0 Å². The van der Waals surface area contributed by atoms with Crippen LogP contribution in [0.3, 0.4) is 0 Å². The van der Waals surface area contributed by atoms with Crippen molar-refractivity contribution in [1.29, 1.82) is 0 Å². The molecule has 94 valence electrons. The average Bonchev–Trinajstić information content (AvgIpc) is 2.81. The number of hydrogen-bond acceptors (Lipinski definition) is 5. The van der Waals surface area contributed by atoms with E-state index < -0.39 is 12.0 Å². The first-order valence-corrected chi connectivity index (χ1v) is 5.70. The summed E-state index contributed by atoms with van der Waals surface area (Å²) in [7, 11) is 1.75. The third kappa shape index (κ3) is 1.50. The molecule has 3 rings (SSSR count). The van der Waals surface area contributed by atoms with Crippen LogP contribution in [0.4, 0.5) is 0 Å². The molecule has 18 heavy (non-hydrogen) atoms. The molecule has 0 saturated carbocycles. The number of carbonyl (C=O) groups excluding carboxylic acids is 2. The number of imide groups is 1. The summed E-state index contributed by atoms with van der Waals surface area (Å²) in [5, 5.41) is 13.3. The first-order valence-electron chi connectivity index (χ1n) is 5.70. The fraction of sp³-hybridized carbons (Fsp3) is 0.333. The Balaban J connectivity index is 1.96. The van der Waals surface area contributed by atoms with E-state index in [4.69, 9.17) is 0 Å². The van der Waals surface area contributed by atoms with Gasteiger partial charge < -0.3 is 5.11 Å². The minimum Gasteiger partial charge on any atom is -0.508 e. The van der Waals surface area contributed by atoms with E-state index in [9.17, 15) is 14.7 Å². The van der Waals surface area contributed by atoms with E-state index >= 15 is 0 Å². The molecule has 0 aliphatic carbocycles. The fourth-order valence-corrected chi connectivity index (χ4v) is 2.68. The normalized spacial score (nSPS) is 31.5. The standard InChI is InChI=1S/C12H13N3O3/c1-15-10-8(11(17)13-12(10)18)9(14-15)6-2-4-7(16)5-3-6/h2-5,8-10,14,16H,1H3,(H,13,17,18)/t8-,9+,10-/m0/s1. The smallest absolute Gasteiger partial charge is 0.246 e. The molecule has 3 N–H and O–H groups in total. The zero-order valence-corrected chi connectivity index (χ0v) is 9.75. The number of nitrogens with zero attached hydrogens (tertiary/aromatic N) is 1. The van der Waals surface area contributed by atoms with E-state index in [0.29, 0.717) is 0 Å². The van der Waals surface area contributed by atoms with E-state index in [1.807, 2.05) is 0 Å². The molecule has 0 unspecified atom stereocenters. The lowest BCUT2D eigenvalue weighted by Crippen LogP contribution is -2.41. The molecule has 2 fully saturated rings. The number of phenols is 1. The molecule has 0 radical (unpaired) electrons. The molecule has 0 spiro atoms. The van der Waals surface area contributed by atoms with Crippen molar-refractivity contribution >= 4 is 11.8 Å². The van der Waals surface area contributed by atoms with Crippen molar-refractivity contribution in [1.82, 2.24) is 15.8 Å². The minimum absolute atomic E-state index is 0.175. The molecule has 1 aromatic carbocycles. The zero-order valence-electron chi connectivity index (χ0n) is 9.75. The van der Waals surface area contributed by atoms with Crippen molar-refractivity contribution in [3.05, 3.63) is 29.8 Å². The van der Waals surface area contributed by atoms with Gasteiger partial charge in [-0.05, 0) is 17.7 Å². The number of carbonyl (C=O) groups is 2. The average molecular weight is 247 g/mol. The lowest BCUT2D eigenvalue weighted by molar-refractivity contribution is -0.127. The molecule has 3 atom stereocenters. The number of rotatable bonds is 1. The Hall–Kier alpha value is -1.92. The van der Waals surface area contributed by atoms with Crippen molar-refractivity contribution in [2.24, 2.45) is 5.92 Å². The number of fused-ring (bicyclic) bond motifs is 1. The molecule has 6 nitrogen and oxygen atoms in total. The van der Waals surface area contributed by atoms with Crippen molar-refractivity contribution < 1.29 is 14.7 Å². The van der Waals surface area contributed by atoms with Gasteiger partial charge in [0, 0.05) is 7.05 Å². The molecule has 2 saturated heterocycles. The van der Waals surface area contributed by atoms with Crippen molar-refractivity contribution in [2.45, 2.75) is 12.1 Å². The lowest BCUT2D eigenvalue weighted by atomic mass is 9.91. The Bertz CT molecular complexity index is 514. The van der Waals surface area contributed by atoms with Crippen LogP contribution in [0.5, 0.6) is 5.75 Å². The molecule has 6 heteroatoms. The fourth-order valence-electron chi connectivity index (χ4n) is 2.68. The van der Waals surface area contributed by atoms with Crippen LogP contribution >= 0.6 is 0 Å². The molecule has 2 aliphatic rings. The Kier molecular flexibility index (Phi) is 2.36. The van der Waals surface area contributed by atoms with Gasteiger partial charge in [-0.2, -0.15) is 0 Å². The van der Waals surface area contributed by atoms with Gasteiger partial charge in [0.2, 0.25) is 11.8 Å². The van der Waals surface area contributed by atoms with Crippen molar-refractivity contribution in [3.8, 4) is 5.75 Å². The van der Waals surface area contributed by atoms with Gasteiger partial charge in [0.05, 0.1) is 12.0 Å². The number of aromatic hydroxyl groups is 1. The van der Waals surface area contributed by atoms with Crippen LogP contribution in [-0.4, -0.2) is 35.0 Å². The van der Waals surface area contributed by atoms with Crippen LogP contribution in [0, 0.1) is 5.92 Å². The molecular weight excluding hydrogens is 234 g/mol. The summed E-state index contributed by atoms with van der Waals surface area (Å²) in [4.78, 5) is 23.5. The zero-order chi connectivity index (χ0) is 12.9. The second kappa shape index (κ2) is 3.79. The van der Waals surface area contributed by atoms with Gasteiger partial charge in [-0.3, -0.25) is 14.9 Å². The molecule has 0 aromatic heterocycles. The monoisotopic (exact) mass is 247 g/mol. The van der Waals surface area contributed by atoms with Crippen LogP contribution in [0.1, 0.15) is 11.6 Å². The van der Waals surface area contributed by atoms with Gasteiger partial charge >= 0.3 is 0 Å². The molecule has 1 aromatic rings. The number of phenolic OH excluding ortho intramolecular Hbond substituents is 1. The van der Waals surface area contributed by atoms with E-state index in [1.165, 1.54) is 0 Å². The maximum Gasteiger partial charge on any atom is 0.246 e. The van der Waals surface area contributed by atoms with Crippen molar-refractivity contribution in [2.75, 3.05) is 7.05 Å². The lowest BCUT2D eigenvalue weighted by Gasteiger charge is -2.17. The highest BCUT2D eigenvalue weighted by Gasteiger charge is 2.53. The Morgan fingerprint density at radius 2 is 1.83 bits per heavy atom. The number of benzene rings is 1. The number of hydrazine groups is 1. The third-order valence-corrected chi connectivity index (χ3v) is 3.53. The summed E-state index contributed by atoms with van der Waals surface area (Å²) in [5.74, 6) is -0.762. The second-order valence-corrected chi connectivity index (χ2v) is 4.63. The second-order valence-electron chi connectivity index (χ2n) is 4.63. The van der Waals surface area contributed by atoms with Gasteiger partial charge in [-0.25, -0.2) is 10.4 Å². The summed E-state index contributed by atoms with van der Waals surface area (Å²) in [6.45, 7) is 0. The summed E-state index contributed by atoms with van der Waals surface area (Å²) >= 11 is 0. The number of amides is 2. The largest absolute Gasteiger partial charge is 0.508 e. The van der Waals surface area contributed by atoms with Crippen LogP contribution in [0.15, 0.2) is 24.3 Å². The van der Waals surface area contributed by atoms with E-state index in [-0.39, 0.29) is 23.6 Å². The summed E-state index contributed by atoms with van der Waals surface area (Å²) in [6.07, 6.45) is 0. The topological polar surface area (TPSA) is 81.7 Å². The number of hydrogen-bond donors (Lipinski definition) is 3. The quantitative estimate of drug-likeness (QED) is 0.584. The SMILES string of the molecule is CN1N[C@H](c2ccc(O)cc2)[C@@H]2C(=O)NC(=O)[C@H]21. The third-order valence-electron chi connectivity index (χ3n) is 3.53. The highest BCUT2D eigenvalue weighted by atomic mass is 16.3. The highest BCUT2D eigenvalue weighted by molar-refractivity contribution is 6.07.